The van der Waals surface area contributed by atoms with Crippen LogP contribution in [0.15, 0.2) is 30.3 Å². The minimum Gasteiger partial charge on any atom is -0.393 e. The summed E-state index contributed by atoms with van der Waals surface area (Å²) in [6.07, 6.45) is 0.615. The van der Waals surface area contributed by atoms with Crippen LogP contribution in [0.25, 0.3) is 0 Å². The molecule has 1 aromatic carbocycles. The van der Waals surface area contributed by atoms with E-state index in [0.29, 0.717) is 0 Å². The Balaban J connectivity index is 2.04. The molecule has 104 valence electrons. The van der Waals surface area contributed by atoms with Gasteiger partial charge in [-0.15, -0.1) is 0 Å². The van der Waals surface area contributed by atoms with Gasteiger partial charge in [-0.05, 0) is 17.9 Å². The quantitative estimate of drug-likeness (QED) is 0.567. The molecule has 0 saturated carbocycles. The van der Waals surface area contributed by atoms with Crippen LogP contribution in [0, 0.1) is 11.3 Å². The van der Waals surface area contributed by atoms with Crippen molar-refractivity contribution in [3.63, 3.8) is 0 Å². The number of aliphatic hydroxyl groups is 1. The Morgan fingerprint density at radius 1 is 1.47 bits per heavy atom. The Morgan fingerprint density at radius 3 is 2.74 bits per heavy atom. The molecule has 3 unspecified atom stereocenters. The van der Waals surface area contributed by atoms with Crippen LogP contribution in [0.3, 0.4) is 0 Å². The maximum Gasteiger partial charge on any atom is 0.0995 e. The van der Waals surface area contributed by atoms with Crippen LogP contribution < -0.4 is 5.73 Å². The number of nitrogens with zero attached hydrogens (tertiary/aromatic N) is 1. The van der Waals surface area contributed by atoms with Crippen LogP contribution in [-0.2, 0) is 0 Å². The molecule has 1 aliphatic heterocycles. The molecule has 1 fully saturated rings. The van der Waals surface area contributed by atoms with Gasteiger partial charge in [-0.1, -0.05) is 37.3 Å². The predicted octanol–water partition coefficient (Wildman–Crippen LogP) is 1.41. The minimum atomic E-state index is -0.191. The Morgan fingerprint density at radius 2 is 2.16 bits per heavy atom. The molecule has 0 radical (unpaired) electrons. The summed E-state index contributed by atoms with van der Waals surface area (Å²) in [5, 5.41) is 17.6. The first-order valence-electron chi connectivity index (χ1n) is 6.87. The SMILES string of the molecule is CC1CN(CC(C(=N)N)c2ccccc2)CCC1O. The highest BCUT2D eigenvalue weighted by Gasteiger charge is 2.27. The van der Waals surface area contributed by atoms with Gasteiger partial charge >= 0.3 is 0 Å². The monoisotopic (exact) mass is 261 g/mol. The molecule has 0 amide bonds. The highest BCUT2D eigenvalue weighted by Crippen LogP contribution is 2.22. The van der Waals surface area contributed by atoms with Gasteiger partial charge in [0, 0.05) is 19.6 Å². The van der Waals surface area contributed by atoms with Crippen molar-refractivity contribution in [2.24, 2.45) is 11.7 Å². The number of amidine groups is 1. The summed E-state index contributed by atoms with van der Waals surface area (Å²) in [7, 11) is 0. The third-order valence-corrected chi connectivity index (χ3v) is 3.96. The van der Waals surface area contributed by atoms with Gasteiger partial charge in [-0.2, -0.15) is 0 Å². The second-order valence-electron chi connectivity index (χ2n) is 5.51. The Kier molecular flexibility index (Phi) is 4.56. The van der Waals surface area contributed by atoms with Gasteiger partial charge in [0.15, 0.2) is 0 Å². The number of nitrogens with two attached hydrogens (primary N) is 1. The van der Waals surface area contributed by atoms with E-state index >= 15 is 0 Å². The van der Waals surface area contributed by atoms with Gasteiger partial charge < -0.3 is 15.7 Å². The van der Waals surface area contributed by atoms with Gasteiger partial charge in [0.1, 0.15) is 0 Å². The van der Waals surface area contributed by atoms with Gasteiger partial charge in [0.25, 0.3) is 0 Å². The molecular formula is C15H23N3O. The zero-order valence-corrected chi connectivity index (χ0v) is 11.4. The largest absolute Gasteiger partial charge is 0.393 e. The van der Waals surface area contributed by atoms with E-state index in [9.17, 15) is 5.11 Å². The van der Waals surface area contributed by atoms with Crippen molar-refractivity contribution in [2.75, 3.05) is 19.6 Å². The third-order valence-electron chi connectivity index (χ3n) is 3.96. The molecule has 1 aromatic rings. The fourth-order valence-electron chi connectivity index (χ4n) is 2.71. The van der Waals surface area contributed by atoms with Crippen molar-refractivity contribution in [3.05, 3.63) is 35.9 Å². The molecule has 1 saturated heterocycles. The lowest BCUT2D eigenvalue weighted by atomic mass is 9.93. The molecule has 0 spiro atoms. The van der Waals surface area contributed by atoms with Crippen LogP contribution in [0.1, 0.15) is 24.8 Å². The molecule has 3 atom stereocenters. The van der Waals surface area contributed by atoms with Crippen molar-refractivity contribution in [1.82, 2.24) is 4.90 Å². The highest BCUT2D eigenvalue weighted by molar-refractivity contribution is 5.84. The summed E-state index contributed by atoms with van der Waals surface area (Å²) < 4.78 is 0. The molecule has 4 heteroatoms. The van der Waals surface area contributed by atoms with E-state index < -0.39 is 0 Å². The molecular weight excluding hydrogens is 238 g/mol. The minimum absolute atomic E-state index is 0.0522. The van der Waals surface area contributed by atoms with E-state index in [4.69, 9.17) is 11.1 Å². The maximum absolute atomic E-state index is 9.76. The topological polar surface area (TPSA) is 73.3 Å². The summed E-state index contributed by atoms with van der Waals surface area (Å²) in [5.41, 5.74) is 6.85. The van der Waals surface area contributed by atoms with E-state index in [1.165, 1.54) is 0 Å². The van der Waals surface area contributed by atoms with E-state index in [1.54, 1.807) is 0 Å². The fourth-order valence-corrected chi connectivity index (χ4v) is 2.71. The van der Waals surface area contributed by atoms with Crippen LogP contribution >= 0.6 is 0 Å². The summed E-state index contributed by atoms with van der Waals surface area (Å²) >= 11 is 0. The van der Waals surface area contributed by atoms with Crippen molar-refractivity contribution < 1.29 is 5.11 Å². The Bertz CT molecular complexity index is 421. The van der Waals surface area contributed by atoms with E-state index in [2.05, 4.69) is 11.8 Å². The molecule has 2 rings (SSSR count). The first-order valence-corrected chi connectivity index (χ1v) is 6.87. The second kappa shape index (κ2) is 6.17. The average molecular weight is 261 g/mol. The number of aliphatic hydroxyl groups excluding tert-OH is 1. The van der Waals surface area contributed by atoms with Crippen molar-refractivity contribution in [1.29, 1.82) is 5.41 Å². The molecule has 0 aliphatic carbocycles. The van der Waals surface area contributed by atoms with Crippen molar-refractivity contribution in [3.8, 4) is 0 Å². The summed E-state index contributed by atoms with van der Waals surface area (Å²) in [6, 6.07) is 9.98. The number of likely N-dealkylation sites (tertiary alicyclic amines) is 1. The van der Waals surface area contributed by atoms with E-state index in [0.717, 1.165) is 31.6 Å². The third kappa shape index (κ3) is 3.55. The summed E-state index contributed by atoms with van der Waals surface area (Å²) in [4.78, 5) is 2.30. The van der Waals surface area contributed by atoms with Gasteiger partial charge in [-0.3, -0.25) is 5.41 Å². The number of nitrogens with one attached hydrogen (secondary N) is 1. The molecule has 0 bridgehead atoms. The summed E-state index contributed by atoms with van der Waals surface area (Å²) in [5.74, 6) is 0.450. The molecule has 4 N–H and O–H groups in total. The van der Waals surface area contributed by atoms with Crippen LogP contribution in [0.5, 0.6) is 0 Å². The van der Waals surface area contributed by atoms with Gasteiger partial charge in [-0.25, -0.2) is 0 Å². The first kappa shape index (κ1) is 14.0. The van der Waals surface area contributed by atoms with E-state index in [1.807, 2.05) is 30.3 Å². The average Bonchev–Trinajstić information content (AvgIpc) is 2.40. The first-order chi connectivity index (χ1) is 9.08. The lowest BCUT2D eigenvalue weighted by Crippen LogP contribution is -2.45. The normalized spacial score (nSPS) is 26.0. The number of hydrogen-bond donors (Lipinski definition) is 3. The van der Waals surface area contributed by atoms with Crippen molar-refractivity contribution in [2.45, 2.75) is 25.4 Å². The lowest BCUT2D eigenvalue weighted by molar-refractivity contribution is 0.0347. The number of hydrogen-bond acceptors (Lipinski definition) is 3. The highest BCUT2D eigenvalue weighted by atomic mass is 16.3. The molecule has 1 heterocycles. The van der Waals surface area contributed by atoms with Crippen LogP contribution in [0.4, 0.5) is 0 Å². The molecule has 0 aromatic heterocycles. The van der Waals surface area contributed by atoms with E-state index in [-0.39, 0.29) is 23.8 Å². The standard InChI is InChI=1S/C15H23N3O/c1-11-9-18(8-7-14(11)19)10-13(15(16)17)12-5-3-2-4-6-12/h2-6,11,13-14,19H,7-10H2,1H3,(H3,16,17). The van der Waals surface area contributed by atoms with Crippen LogP contribution in [0.2, 0.25) is 0 Å². The lowest BCUT2D eigenvalue weighted by Gasteiger charge is -2.36. The fraction of sp³-hybridized carbons (Fsp3) is 0.533. The molecule has 4 nitrogen and oxygen atoms in total. The molecule has 19 heavy (non-hydrogen) atoms. The second-order valence-corrected chi connectivity index (χ2v) is 5.51. The van der Waals surface area contributed by atoms with Gasteiger partial charge in [0.05, 0.1) is 17.9 Å². The Hall–Kier alpha value is -1.39. The smallest absolute Gasteiger partial charge is 0.0995 e. The number of rotatable bonds is 4. The number of piperidine rings is 1. The number of benzene rings is 1. The zero-order chi connectivity index (χ0) is 13.8. The predicted molar refractivity (Wildman–Crippen MR) is 77.3 cm³/mol. The van der Waals surface area contributed by atoms with Gasteiger partial charge in [0.2, 0.25) is 0 Å². The van der Waals surface area contributed by atoms with Crippen molar-refractivity contribution >= 4 is 5.84 Å². The zero-order valence-electron chi connectivity index (χ0n) is 11.4. The van der Waals surface area contributed by atoms with Crippen LogP contribution in [-0.4, -0.2) is 41.6 Å². The molecule has 1 aliphatic rings. The summed E-state index contributed by atoms with van der Waals surface area (Å²) in [6.45, 7) is 4.58. The Labute approximate surface area is 114 Å². The maximum atomic E-state index is 9.76.